The van der Waals surface area contributed by atoms with E-state index < -0.39 is 65.2 Å². The Labute approximate surface area is 236 Å². The summed E-state index contributed by atoms with van der Waals surface area (Å²) in [6.45, 7) is 3.13. The number of rotatable bonds is 9. The van der Waals surface area contributed by atoms with E-state index in [1.165, 1.54) is 13.2 Å². The van der Waals surface area contributed by atoms with Crippen LogP contribution >= 0.6 is 0 Å². The van der Waals surface area contributed by atoms with Crippen LogP contribution in [0.25, 0.3) is 0 Å². The molecule has 0 heterocycles. The first-order valence-corrected chi connectivity index (χ1v) is 14.0. The van der Waals surface area contributed by atoms with Crippen LogP contribution in [0.5, 0.6) is 11.5 Å². The van der Waals surface area contributed by atoms with Gasteiger partial charge in [-0.3, -0.25) is 14.4 Å². The number of carbonyl (C=O) groups is 3. The van der Waals surface area contributed by atoms with Crippen LogP contribution in [0.4, 0.5) is 17.6 Å². The van der Waals surface area contributed by atoms with Gasteiger partial charge >= 0.3 is 12.1 Å². The van der Waals surface area contributed by atoms with Crippen LogP contribution in [0.2, 0.25) is 0 Å². The summed E-state index contributed by atoms with van der Waals surface area (Å²) in [5.41, 5.74) is -2.98. The van der Waals surface area contributed by atoms with Crippen molar-refractivity contribution in [3.63, 3.8) is 0 Å². The fourth-order valence-electron chi connectivity index (χ4n) is 6.34. The van der Waals surface area contributed by atoms with Crippen molar-refractivity contribution in [2.75, 3.05) is 13.7 Å². The molecule has 0 aromatic heterocycles. The summed E-state index contributed by atoms with van der Waals surface area (Å²) < 4.78 is 66.0. The number of methoxy groups -OCH3 is 1. The first-order valence-electron chi connectivity index (χ1n) is 14.0. The summed E-state index contributed by atoms with van der Waals surface area (Å²) in [5, 5.41) is 14.8. The van der Waals surface area contributed by atoms with Crippen LogP contribution < -0.4 is 20.1 Å². The van der Waals surface area contributed by atoms with Crippen molar-refractivity contribution in [1.82, 2.24) is 10.6 Å². The van der Waals surface area contributed by atoms with Crippen molar-refractivity contribution in [1.29, 1.82) is 0 Å². The molecule has 0 spiro atoms. The Hall–Kier alpha value is -3.05. The summed E-state index contributed by atoms with van der Waals surface area (Å²) in [4.78, 5) is 38.1. The molecule has 3 N–H and O–H groups in total. The van der Waals surface area contributed by atoms with Crippen molar-refractivity contribution in [2.24, 2.45) is 28.6 Å². The minimum absolute atomic E-state index is 0.00443. The van der Waals surface area contributed by atoms with E-state index in [1.54, 1.807) is 6.92 Å². The number of benzene rings is 1. The second-order valence-corrected chi connectivity index (χ2v) is 12.6. The van der Waals surface area contributed by atoms with Gasteiger partial charge in [0.2, 0.25) is 5.91 Å². The van der Waals surface area contributed by atoms with Gasteiger partial charge in [0.15, 0.2) is 11.6 Å². The van der Waals surface area contributed by atoms with Gasteiger partial charge in [-0.15, -0.1) is 0 Å². The molecular formula is C29H38F4N2O6. The standard InChI is InChI=1S/C29H38F4N2O6/c1-27(2,29(31,32)33)14-34-25(37)22-15-5-6-16(11-15)23(22)35-24(36)18-12-21(19(30)13-20(18)40-4)41-17-7-9-28(3,10-8-17)26(38)39/h12-13,15-17,22-23H,5-11,14H2,1-4H3,(H,34,37)(H,35,36)(H,38,39)/t15-,16+,17-,22+,23-,28+/m1/s1. The monoisotopic (exact) mass is 586 g/mol. The highest BCUT2D eigenvalue weighted by Gasteiger charge is 2.53. The summed E-state index contributed by atoms with van der Waals surface area (Å²) in [6, 6.07) is 1.68. The second kappa shape index (κ2) is 11.3. The van der Waals surface area contributed by atoms with E-state index >= 15 is 0 Å². The molecule has 3 fully saturated rings. The van der Waals surface area contributed by atoms with Gasteiger partial charge in [0.05, 0.1) is 35.5 Å². The van der Waals surface area contributed by atoms with Crippen LogP contribution in [0, 0.1) is 34.4 Å². The van der Waals surface area contributed by atoms with Crippen LogP contribution in [0.15, 0.2) is 12.1 Å². The zero-order valence-electron chi connectivity index (χ0n) is 23.7. The van der Waals surface area contributed by atoms with Crippen molar-refractivity contribution in [3.8, 4) is 11.5 Å². The van der Waals surface area contributed by atoms with Gasteiger partial charge in [-0.05, 0) is 83.6 Å². The smallest absolute Gasteiger partial charge is 0.395 e. The highest BCUT2D eigenvalue weighted by molar-refractivity contribution is 5.98. The summed E-state index contributed by atoms with van der Waals surface area (Å²) in [7, 11) is 1.29. The Kier molecular flexibility index (Phi) is 8.53. The lowest BCUT2D eigenvalue weighted by Crippen LogP contribution is -2.52. The number of hydrogen-bond donors (Lipinski definition) is 3. The first-order chi connectivity index (χ1) is 19.1. The van der Waals surface area contributed by atoms with Crippen molar-refractivity contribution in [3.05, 3.63) is 23.5 Å². The van der Waals surface area contributed by atoms with Crippen LogP contribution in [0.3, 0.4) is 0 Å². The fraction of sp³-hybridized carbons (Fsp3) is 0.690. The molecule has 0 saturated heterocycles. The van der Waals surface area contributed by atoms with E-state index in [0.717, 1.165) is 32.8 Å². The third-order valence-corrected chi connectivity index (χ3v) is 9.33. The van der Waals surface area contributed by atoms with E-state index in [4.69, 9.17) is 9.47 Å². The van der Waals surface area contributed by atoms with Crippen molar-refractivity contribution < 1.29 is 46.5 Å². The maximum absolute atomic E-state index is 14.9. The highest BCUT2D eigenvalue weighted by atomic mass is 19.4. The summed E-state index contributed by atoms with van der Waals surface area (Å²) in [5.74, 6) is -3.73. The van der Waals surface area contributed by atoms with E-state index in [9.17, 15) is 37.1 Å². The molecule has 41 heavy (non-hydrogen) atoms. The Balaban J connectivity index is 1.48. The zero-order chi connectivity index (χ0) is 30.3. The molecule has 228 valence electrons. The van der Waals surface area contributed by atoms with Crippen LogP contribution in [-0.4, -0.2) is 54.9 Å². The number of ether oxygens (including phenoxy) is 2. The maximum atomic E-state index is 14.9. The molecule has 1 aromatic carbocycles. The van der Waals surface area contributed by atoms with E-state index in [1.807, 2.05) is 0 Å². The molecule has 8 nitrogen and oxygen atoms in total. The topological polar surface area (TPSA) is 114 Å². The lowest BCUT2D eigenvalue weighted by atomic mass is 9.75. The quantitative estimate of drug-likeness (QED) is 0.347. The second-order valence-electron chi connectivity index (χ2n) is 12.6. The number of carboxylic acid groups (broad SMARTS) is 1. The fourth-order valence-corrected chi connectivity index (χ4v) is 6.34. The van der Waals surface area contributed by atoms with E-state index in [0.29, 0.717) is 32.1 Å². The van der Waals surface area contributed by atoms with Gasteiger partial charge in [0.25, 0.3) is 5.91 Å². The average Bonchev–Trinajstić information content (AvgIpc) is 3.51. The lowest BCUT2D eigenvalue weighted by Gasteiger charge is -2.34. The van der Waals surface area contributed by atoms with Gasteiger partial charge in [0.1, 0.15) is 5.75 Å². The normalized spacial score (nSPS) is 29.6. The number of hydrogen-bond acceptors (Lipinski definition) is 5. The molecule has 0 radical (unpaired) electrons. The summed E-state index contributed by atoms with van der Waals surface area (Å²) >= 11 is 0. The average molecular weight is 587 g/mol. The molecule has 3 aliphatic carbocycles. The molecule has 3 saturated carbocycles. The predicted octanol–water partition coefficient (Wildman–Crippen LogP) is 5.10. The third-order valence-electron chi connectivity index (χ3n) is 9.33. The SMILES string of the molecule is COc1cc(F)c(O[C@H]2CC[C@@](C)(C(=O)O)CC2)cc1C(=O)N[C@@H]1[C@H]2CC[C@H](C2)[C@@H]1C(=O)NCC(C)(C)C(F)(F)F. The number of aliphatic carboxylic acids is 1. The van der Waals surface area contributed by atoms with Gasteiger partial charge in [0, 0.05) is 18.7 Å². The first kappa shape index (κ1) is 30.9. The Bertz CT molecular complexity index is 1180. The zero-order valence-corrected chi connectivity index (χ0v) is 23.7. The molecular weight excluding hydrogens is 548 g/mol. The van der Waals surface area contributed by atoms with Crippen molar-refractivity contribution in [2.45, 2.75) is 84.0 Å². The van der Waals surface area contributed by atoms with E-state index in [2.05, 4.69) is 10.6 Å². The Morgan fingerprint density at radius 3 is 2.27 bits per heavy atom. The Morgan fingerprint density at radius 1 is 1.05 bits per heavy atom. The number of alkyl halides is 3. The molecule has 4 rings (SSSR count). The number of carbonyl (C=O) groups excluding carboxylic acids is 2. The predicted molar refractivity (Wildman–Crippen MR) is 140 cm³/mol. The molecule has 2 bridgehead atoms. The molecule has 1 aromatic rings. The number of halogens is 4. The van der Waals surface area contributed by atoms with Gasteiger partial charge in [-0.1, -0.05) is 0 Å². The van der Waals surface area contributed by atoms with Crippen LogP contribution in [0.1, 0.15) is 76.1 Å². The summed E-state index contributed by atoms with van der Waals surface area (Å²) in [6.07, 6.45) is -1.17. The molecule has 3 aliphatic rings. The van der Waals surface area contributed by atoms with Gasteiger partial charge < -0.3 is 25.2 Å². The van der Waals surface area contributed by atoms with Crippen LogP contribution in [-0.2, 0) is 9.59 Å². The number of carboxylic acids is 1. The van der Waals surface area contributed by atoms with Gasteiger partial charge in [-0.25, -0.2) is 4.39 Å². The number of fused-ring (bicyclic) bond motifs is 2. The Morgan fingerprint density at radius 2 is 1.68 bits per heavy atom. The molecule has 2 amide bonds. The maximum Gasteiger partial charge on any atom is 0.395 e. The van der Waals surface area contributed by atoms with Crippen molar-refractivity contribution >= 4 is 17.8 Å². The minimum Gasteiger partial charge on any atom is -0.496 e. The number of amides is 2. The van der Waals surface area contributed by atoms with E-state index in [-0.39, 0.29) is 28.9 Å². The lowest BCUT2D eigenvalue weighted by molar-refractivity contribution is -0.209. The minimum atomic E-state index is -4.49. The molecule has 4 atom stereocenters. The highest BCUT2D eigenvalue weighted by Crippen LogP contribution is 2.49. The number of nitrogens with one attached hydrogen (secondary N) is 2. The molecule has 0 unspecified atom stereocenters. The van der Waals surface area contributed by atoms with Gasteiger partial charge in [-0.2, -0.15) is 13.2 Å². The largest absolute Gasteiger partial charge is 0.496 e. The molecule has 0 aliphatic heterocycles. The molecule has 12 heteroatoms. The third kappa shape index (κ3) is 6.25.